The lowest BCUT2D eigenvalue weighted by Crippen LogP contribution is -2.31. The first kappa shape index (κ1) is 20.6. The van der Waals surface area contributed by atoms with Crippen LogP contribution in [0, 0.1) is 12.7 Å². The van der Waals surface area contributed by atoms with E-state index in [1.54, 1.807) is 23.6 Å². The molecule has 3 rings (SSSR count). The van der Waals surface area contributed by atoms with Crippen molar-refractivity contribution >= 4 is 31.2 Å². The van der Waals surface area contributed by atoms with Crippen LogP contribution < -0.4 is 4.72 Å². The summed E-state index contributed by atoms with van der Waals surface area (Å²) in [4.78, 5) is 3.85. The van der Waals surface area contributed by atoms with Crippen LogP contribution in [0.5, 0.6) is 0 Å². The quantitative estimate of drug-likeness (QED) is 0.570. The summed E-state index contributed by atoms with van der Waals surface area (Å²) in [5, 5.41) is 0.395. The molecule has 0 saturated heterocycles. The van der Waals surface area contributed by atoms with Crippen LogP contribution in [0.2, 0.25) is 0 Å². The molecule has 2 heterocycles. The highest BCUT2D eigenvalue weighted by molar-refractivity contribution is 7.92. The smallest absolute Gasteiger partial charge is 0.250 e. The molecule has 0 bridgehead atoms. The van der Waals surface area contributed by atoms with E-state index in [4.69, 9.17) is 0 Å². The van der Waals surface area contributed by atoms with E-state index in [9.17, 15) is 21.2 Å². The number of aromatic nitrogens is 1. The van der Waals surface area contributed by atoms with Gasteiger partial charge in [0.2, 0.25) is 10.0 Å². The van der Waals surface area contributed by atoms with Crippen molar-refractivity contribution in [2.75, 3.05) is 6.54 Å². The molecule has 0 spiro atoms. The Balaban J connectivity index is 1.99. The molecule has 0 aliphatic rings. The summed E-state index contributed by atoms with van der Waals surface area (Å²) in [5.41, 5.74) is 0.517. The van der Waals surface area contributed by atoms with Gasteiger partial charge in [-0.1, -0.05) is 12.1 Å². The normalized spacial score (nSPS) is 13.4. The molecule has 1 aromatic carbocycles. The lowest BCUT2D eigenvalue weighted by molar-refractivity contribution is 0.569. The van der Waals surface area contributed by atoms with Gasteiger partial charge in [0.15, 0.2) is 9.84 Å². The molecule has 0 aliphatic heterocycles. The molecular formula is C18H17FN2O4S3. The topological polar surface area (TPSA) is 93.2 Å². The fourth-order valence-electron chi connectivity index (χ4n) is 2.60. The first-order chi connectivity index (χ1) is 13.2. The number of pyridine rings is 1. The zero-order chi connectivity index (χ0) is 20.4. The van der Waals surface area contributed by atoms with Crippen LogP contribution in [0.4, 0.5) is 4.39 Å². The third-order valence-electron chi connectivity index (χ3n) is 4.11. The minimum absolute atomic E-state index is 0.0874. The molecule has 28 heavy (non-hydrogen) atoms. The van der Waals surface area contributed by atoms with Gasteiger partial charge in [-0.3, -0.25) is 4.98 Å². The number of rotatable bonds is 7. The summed E-state index contributed by atoms with van der Waals surface area (Å²) < 4.78 is 67.3. The van der Waals surface area contributed by atoms with Crippen molar-refractivity contribution in [1.29, 1.82) is 0 Å². The molecule has 0 unspecified atom stereocenters. The fraction of sp³-hybridized carbons (Fsp3) is 0.167. The van der Waals surface area contributed by atoms with Gasteiger partial charge in [-0.25, -0.2) is 25.9 Å². The van der Waals surface area contributed by atoms with Crippen LogP contribution in [0.25, 0.3) is 0 Å². The van der Waals surface area contributed by atoms with Crippen molar-refractivity contribution in [2.45, 2.75) is 21.3 Å². The minimum Gasteiger partial charge on any atom is -0.264 e. The van der Waals surface area contributed by atoms with Crippen molar-refractivity contribution < 1.29 is 21.2 Å². The highest BCUT2D eigenvalue weighted by atomic mass is 32.2. The maximum absolute atomic E-state index is 13.6. The van der Waals surface area contributed by atoms with Gasteiger partial charge in [0.1, 0.15) is 15.3 Å². The number of sulfonamides is 1. The molecule has 3 aromatic rings. The van der Waals surface area contributed by atoms with Gasteiger partial charge in [-0.15, -0.1) is 11.3 Å². The Morgan fingerprint density at radius 1 is 1.14 bits per heavy atom. The van der Waals surface area contributed by atoms with Gasteiger partial charge in [0, 0.05) is 18.9 Å². The van der Waals surface area contributed by atoms with Gasteiger partial charge in [-0.2, -0.15) is 0 Å². The second kappa shape index (κ2) is 8.08. The van der Waals surface area contributed by atoms with E-state index < -0.39 is 30.9 Å². The van der Waals surface area contributed by atoms with Crippen molar-refractivity contribution in [1.82, 2.24) is 9.71 Å². The third kappa shape index (κ3) is 4.30. The molecule has 0 amide bonds. The predicted molar refractivity (Wildman–Crippen MR) is 105 cm³/mol. The number of benzene rings is 1. The second-order valence-electron chi connectivity index (χ2n) is 6.01. The first-order valence-electron chi connectivity index (χ1n) is 8.15. The Morgan fingerprint density at radius 2 is 1.93 bits per heavy atom. The van der Waals surface area contributed by atoms with Crippen LogP contribution >= 0.6 is 11.3 Å². The second-order valence-corrected chi connectivity index (χ2v) is 11.1. The molecule has 0 saturated carbocycles. The molecule has 6 nitrogen and oxygen atoms in total. The van der Waals surface area contributed by atoms with Crippen molar-refractivity contribution in [3.05, 3.63) is 77.2 Å². The Labute approximate surface area is 167 Å². The monoisotopic (exact) mass is 440 g/mol. The largest absolute Gasteiger partial charge is 0.264 e. The van der Waals surface area contributed by atoms with Gasteiger partial charge in [-0.05, 0) is 53.8 Å². The van der Waals surface area contributed by atoms with E-state index in [-0.39, 0.29) is 21.2 Å². The SMILES string of the molecule is Cc1cc(S(=O)(=O)[C@H](CNS(=O)(=O)c2cccs2)c2cccnc2)ccc1F. The van der Waals surface area contributed by atoms with Crippen molar-refractivity contribution in [2.24, 2.45) is 0 Å². The third-order valence-corrected chi connectivity index (χ3v) is 9.03. The number of nitrogens with zero attached hydrogens (tertiary/aromatic N) is 1. The van der Waals surface area contributed by atoms with Gasteiger partial charge in [0.05, 0.1) is 4.90 Å². The Bertz CT molecular complexity index is 1160. The van der Waals surface area contributed by atoms with Crippen LogP contribution in [0.15, 0.2) is 69.3 Å². The predicted octanol–water partition coefficient (Wildman–Crippen LogP) is 3.08. The summed E-state index contributed by atoms with van der Waals surface area (Å²) >= 11 is 1.03. The average Bonchev–Trinajstić information content (AvgIpc) is 3.20. The van der Waals surface area contributed by atoms with E-state index in [1.807, 2.05) is 0 Å². The van der Waals surface area contributed by atoms with E-state index in [1.165, 1.54) is 37.5 Å². The summed E-state index contributed by atoms with van der Waals surface area (Å²) in [6.07, 6.45) is 2.86. The van der Waals surface area contributed by atoms with Gasteiger partial charge < -0.3 is 0 Å². The molecule has 0 fully saturated rings. The highest BCUT2D eigenvalue weighted by Gasteiger charge is 2.31. The molecule has 10 heteroatoms. The Kier molecular flexibility index (Phi) is 5.94. The number of hydrogen-bond donors (Lipinski definition) is 1. The number of hydrogen-bond acceptors (Lipinski definition) is 6. The van der Waals surface area contributed by atoms with Crippen molar-refractivity contribution in [3.63, 3.8) is 0 Å². The number of halogens is 1. The van der Waals surface area contributed by atoms with Crippen LogP contribution in [-0.4, -0.2) is 28.4 Å². The highest BCUT2D eigenvalue weighted by Crippen LogP contribution is 2.29. The van der Waals surface area contributed by atoms with E-state index in [0.717, 1.165) is 17.4 Å². The molecular weight excluding hydrogens is 423 g/mol. The summed E-state index contributed by atoms with van der Waals surface area (Å²) in [6, 6.07) is 9.65. The number of sulfone groups is 1. The average molecular weight is 441 g/mol. The molecule has 148 valence electrons. The summed E-state index contributed by atoms with van der Waals surface area (Å²) in [6.45, 7) is 1.08. The van der Waals surface area contributed by atoms with Crippen LogP contribution in [-0.2, 0) is 19.9 Å². The lowest BCUT2D eigenvalue weighted by Gasteiger charge is -2.19. The van der Waals surface area contributed by atoms with Gasteiger partial charge in [0.25, 0.3) is 0 Å². The summed E-state index contributed by atoms with van der Waals surface area (Å²) in [7, 11) is -7.87. The number of thiophene rings is 1. The van der Waals surface area contributed by atoms with E-state index >= 15 is 0 Å². The zero-order valence-corrected chi connectivity index (χ0v) is 17.2. The number of nitrogens with one attached hydrogen (secondary N) is 1. The van der Waals surface area contributed by atoms with Crippen LogP contribution in [0.3, 0.4) is 0 Å². The Morgan fingerprint density at radius 3 is 2.54 bits per heavy atom. The number of aryl methyl sites for hydroxylation is 1. The molecule has 1 atom stereocenters. The van der Waals surface area contributed by atoms with E-state index in [2.05, 4.69) is 9.71 Å². The first-order valence-corrected chi connectivity index (χ1v) is 12.1. The van der Waals surface area contributed by atoms with Crippen LogP contribution in [0.1, 0.15) is 16.4 Å². The molecule has 2 aromatic heterocycles. The minimum atomic E-state index is -4.01. The maximum atomic E-state index is 13.6. The zero-order valence-electron chi connectivity index (χ0n) is 14.7. The van der Waals surface area contributed by atoms with Crippen molar-refractivity contribution in [3.8, 4) is 0 Å². The molecule has 0 radical (unpaired) electrons. The Hall–Kier alpha value is -2.14. The lowest BCUT2D eigenvalue weighted by atomic mass is 10.2. The molecule has 0 aliphatic carbocycles. The standard InChI is InChI=1S/C18H17FN2O4S3/c1-13-10-15(6-7-16(13)19)27(22,23)17(14-4-2-8-20-11-14)12-21-28(24,25)18-5-3-9-26-18/h2-11,17,21H,12H2,1H3/t17-/m1/s1. The summed E-state index contributed by atoms with van der Waals surface area (Å²) in [5.74, 6) is -0.518. The van der Waals surface area contributed by atoms with E-state index in [0.29, 0.717) is 5.56 Å². The molecule has 1 N–H and O–H groups in total. The maximum Gasteiger partial charge on any atom is 0.250 e. The fourth-order valence-corrected chi connectivity index (χ4v) is 6.52. The van der Waals surface area contributed by atoms with Gasteiger partial charge >= 0.3 is 0 Å².